The second-order valence-electron chi connectivity index (χ2n) is 1.81. The molecule has 0 aliphatic rings. The van der Waals surface area contributed by atoms with Gasteiger partial charge < -0.3 is 0 Å². The van der Waals surface area contributed by atoms with Crippen molar-refractivity contribution in [1.29, 1.82) is 0 Å². The van der Waals surface area contributed by atoms with Gasteiger partial charge in [-0.1, -0.05) is 13.8 Å². The minimum absolute atomic E-state index is 0. The summed E-state index contributed by atoms with van der Waals surface area (Å²) in [6, 6.07) is 0. The first-order valence-electron chi connectivity index (χ1n) is 3.20. The van der Waals surface area contributed by atoms with Crippen molar-refractivity contribution in [3.05, 3.63) is 0 Å². The molecule has 0 bridgehead atoms. The van der Waals surface area contributed by atoms with Gasteiger partial charge in [-0.2, -0.15) is 0 Å². The molecule has 4 heteroatoms. The van der Waals surface area contributed by atoms with Gasteiger partial charge in [0.1, 0.15) is 0 Å². The Bertz CT molecular complexity index is 66.0. The zero-order chi connectivity index (χ0) is 7.28. The summed E-state index contributed by atoms with van der Waals surface area (Å²) in [4.78, 5) is 2.11. The monoisotopic (exact) mass is 205 g/mol. The molecule has 0 aliphatic heterocycles. The normalized spacial score (nSPS) is 12.9. The third-order valence-corrected chi connectivity index (χ3v) is 2.22. The van der Waals surface area contributed by atoms with E-state index >= 15 is 0 Å². The lowest BCUT2D eigenvalue weighted by Crippen LogP contribution is -2.31. The van der Waals surface area contributed by atoms with Crippen LogP contribution in [0.5, 0.6) is 0 Å². The van der Waals surface area contributed by atoms with Crippen LogP contribution in [-0.4, -0.2) is 29.4 Å². The van der Waals surface area contributed by atoms with Crippen molar-refractivity contribution in [3.63, 3.8) is 0 Å². The fourth-order valence-electron chi connectivity index (χ4n) is 0.717. The van der Waals surface area contributed by atoms with Crippen LogP contribution in [0.25, 0.3) is 0 Å². The largest absolute Gasteiger partial charge is 0.287 e. The molecule has 1 atom stereocenters. The van der Waals surface area contributed by atoms with Crippen molar-refractivity contribution < 1.29 is 0 Å². The molecule has 0 heterocycles. The second kappa shape index (κ2) is 7.93. The predicted molar refractivity (Wildman–Crippen MR) is 50.5 cm³/mol. The molecule has 0 radical (unpaired) electrons. The van der Waals surface area contributed by atoms with Crippen molar-refractivity contribution in [2.75, 3.05) is 19.0 Å². The molecule has 64 valence electrons. The maximum Gasteiger partial charge on any atom is 0.0987 e. The van der Waals surface area contributed by atoms with Crippen LogP contribution in [0.2, 0.25) is 0 Å². The highest BCUT2D eigenvalue weighted by atomic mass is 35.5. The van der Waals surface area contributed by atoms with Gasteiger partial charge in [-0.25, -0.2) is 0 Å². The smallest absolute Gasteiger partial charge is 0.0987 e. The van der Waals surface area contributed by atoms with E-state index < -0.39 is 0 Å². The SMILES string of the molecule is CCN(CC)C(Cl)CCl.Cl. The summed E-state index contributed by atoms with van der Waals surface area (Å²) in [5, 5.41) is 0. The highest BCUT2D eigenvalue weighted by Gasteiger charge is 2.08. The molecule has 10 heavy (non-hydrogen) atoms. The number of hydrogen-bond acceptors (Lipinski definition) is 1. The molecule has 0 aromatic heterocycles. The van der Waals surface area contributed by atoms with E-state index in [-0.39, 0.29) is 17.9 Å². The van der Waals surface area contributed by atoms with Gasteiger partial charge >= 0.3 is 0 Å². The molecule has 0 amide bonds. The molecule has 0 fully saturated rings. The van der Waals surface area contributed by atoms with Gasteiger partial charge in [0.05, 0.1) is 11.4 Å². The molecule has 0 aromatic rings. The Morgan fingerprint density at radius 2 is 1.70 bits per heavy atom. The summed E-state index contributed by atoms with van der Waals surface area (Å²) >= 11 is 11.4. The molecule has 1 nitrogen and oxygen atoms in total. The third-order valence-electron chi connectivity index (χ3n) is 1.34. The number of alkyl halides is 2. The van der Waals surface area contributed by atoms with Gasteiger partial charge in [0.15, 0.2) is 0 Å². The standard InChI is InChI=1S/C6H13Cl2N.ClH/c1-3-9(4-2)6(8)5-7;/h6H,3-5H2,1-2H3;1H. The Balaban J connectivity index is 0. The number of rotatable bonds is 4. The van der Waals surface area contributed by atoms with Crippen LogP contribution in [0.3, 0.4) is 0 Å². The average molecular weight is 207 g/mol. The van der Waals surface area contributed by atoms with Gasteiger partial charge in [-0.05, 0) is 13.1 Å². The fraction of sp³-hybridized carbons (Fsp3) is 1.00. The van der Waals surface area contributed by atoms with E-state index in [2.05, 4.69) is 18.7 Å². The first kappa shape index (κ1) is 13.4. The van der Waals surface area contributed by atoms with E-state index in [1.165, 1.54) is 0 Å². The first-order chi connectivity index (χ1) is 4.26. The van der Waals surface area contributed by atoms with Crippen LogP contribution in [0, 0.1) is 0 Å². The topological polar surface area (TPSA) is 3.24 Å². The molecule has 0 spiro atoms. The Hall–Kier alpha value is 0.830. The highest BCUT2D eigenvalue weighted by Crippen LogP contribution is 2.04. The van der Waals surface area contributed by atoms with E-state index in [0.29, 0.717) is 5.88 Å². The molecule has 0 N–H and O–H groups in total. The van der Waals surface area contributed by atoms with Crippen LogP contribution in [-0.2, 0) is 0 Å². The number of hydrogen-bond donors (Lipinski definition) is 0. The minimum atomic E-state index is 0. The maximum absolute atomic E-state index is 5.83. The Kier molecular flexibility index (Phi) is 10.6. The van der Waals surface area contributed by atoms with Crippen LogP contribution in [0.15, 0.2) is 0 Å². The molecular formula is C6H14Cl3N. The van der Waals surface area contributed by atoms with E-state index in [1.807, 2.05) is 0 Å². The van der Waals surface area contributed by atoms with E-state index in [4.69, 9.17) is 23.2 Å². The van der Waals surface area contributed by atoms with Gasteiger partial charge in [-0.15, -0.1) is 35.6 Å². The van der Waals surface area contributed by atoms with E-state index in [1.54, 1.807) is 0 Å². The van der Waals surface area contributed by atoms with Crippen LogP contribution in [0.1, 0.15) is 13.8 Å². The molecule has 0 saturated heterocycles. The Morgan fingerprint density at radius 3 is 1.80 bits per heavy atom. The van der Waals surface area contributed by atoms with Crippen molar-refractivity contribution in [3.8, 4) is 0 Å². The Morgan fingerprint density at radius 1 is 1.30 bits per heavy atom. The van der Waals surface area contributed by atoms with Crippen LogP contribution in [0.4, 0.5) is 0 Å². The molecule has 0 aromatic carbocycles. The first-order valence-corrected chi connectivity index (χ1v) is 4.17. The van der Waals surface area contributed by atoms with E-state index in [9.17, 15) is 0 Å². The lowest BCUT2D eigenvalue weighted by molar-refractivity contribution is 0.294. The molecule has 0 rings (SSSR count). The van der Waals surface area contributed by atoms with Crippen molar-refractivity contribution in [2.24, 2.45) is 0 Å². The quantitative estimate of drug-likeness (QED) is 0.505. The molecule has 0 saturated carbocycles. The molecule has 0 aliphatic carbocycles. The lowest BCUT2D eigenvalue weighted by atomic mass is 10.5. The number of halogens is 3. The summed E-state index contributed by atoms with van der Waals surface area (Å²) < 4.78 is 0. The van der Waals surface area contributed by atoms with E-state index in [0.717, 1.165) is 13.1 Å². The lowest BCUT2D eigenvalue weighted by Gasteiger charge is -2.21. The molecular weight excluding hydrogens is 192 g/mol. The zero-order valence-corrected chi connectivity index (χ0v) is 8.64. The van der Waals surface area contributed by atoms with Gasteiger partial charge in [0, 0.05) is 0 Å². The number of nitrogens with zero attached hydrogens (tertiary/aromatic N) is 1. The summed E-state index contributed by atoms with van der Waals surface area (Å²) in [6.07, 6.45) is 0. The van der Waals surface area contributed by atoms with Gasteiger partial charge in [0.25, 0.3) is 0 Å². The Labute approximate surface area is 79.1 Å². The van der Waals surface area contributed by atoms with Gasteiger partial charge in [-0.3, -0.25) is 4.90 Å². The minimum Gasteiger partial charge on any atom is -0.287 e. The second-order valence-corrected chi connectivity index (χ2v) is 2.62. The molecule has 1 unspecified atom stereocenters. The average Bonchev–Trinajstić information content (AvgIpc) is 1.90. The summed E-state index contributed by atoms with van der Waals surface area (Å²) in [5.41, 5.74) is 0.00154. The predicted octanol–water partition coefficient (Wildman–Crippen LogP) is 2.55. The van der Waals surface area contributed by atoms with Crippen molar-refractivity contribution in [1.82, 2.24) is 4.90 Å². The maximum atomic E-state index is 5.83. The van der Waals surface area contributed by atoms with Crippen molar-refractivity contribution in [2.45, 2.75) is 19.3 Å². The summed E-state index contributed by atoms with van der Waals surface area (Å²) in [6.45, 7) is 6.09. The van der Waals surface area contributed by atoms with Crippen LogP contribution < -0.4 is 0 Å². The highest BCUT2D eigenvalue weighted by molar-refractivity contribution is 6.27. The van der Waals surface area contributed by atoms with Crippen LogP contribution >= 0.6 is 35.6 Å². The summed E-state index contributed by atoms with van der Waals surface area (Å²) in [5.74, 6) is 0.503. The fourth-order valence-corrected chi connectivity index (χ4v) is 1.19. The van der Waals surface area contributed by atoms with Gasteiger partial charge in [0.2, 0.25) is 0 Å². The van der Waals surface area contributed by atoms with Crippen molar-refractivity contribution >= 4 is 35.6 Å². The summed E-state index contributed by atoms with van der Waals surface area (Å²) in [7, 11) is 0. The zero-order valence-electron chi connectivity index (χ0n) is 6.31. The third kappa shape index (κ3) is 4.62.